The molecule has 186 valence electrons. The molecule has 1 aromatic carbocycles. The summed E-state index contributed by atoms with van der Waals surface area (Å²) in [7, 11) is 1.56. The number of aromatic amines is 1. The molecule has 4 N–H and O–H groups in total. The van der Waals surface area contributed by atoms with Crippen molar-refractivity contribution in [2.45, 2.75) is 51.2 Å². The smallest absolute Gasteiger partial charge is 0.266 e. The van der Waals surface area contributed by atoms with Crippen LogP contribution in [0.2, 0.25) is 0 Å². The molecule has 11 heteroatoms. The van der Waals surface area contributed by atoms with E-state index in [4.69, 9.17) is 0 Å². The first kappa shape index (κ1) is 24.6. The molecule has 35 heavy (non-hydrogen) atoms. The SMILES string of the molecule is CNC(=O)C1CCC(O)(c2cc3c(NCc4cccc(C(F)F)c4F)nc(C)nc3[nH]c2=O)CC1. The van der Waals surface area contributed by atoms with E-state index in [1.54, 1.807) is 14.0 Å². The number of alkyl halides is 2. The van der Waals surface area contributed by atoms with Crippen molar-refractivity contribution in [2.24, 2.45) is 5.92 Å². The van der Waals surface area contributed by atoms with Crippen molar-refractivity contribution >= 4 is 22.8 Å². The number of aromatic nitrogens is 3. The van der Waals surface area contributed by atoms with Gasteiger partial charge in [0, 0.05) is 30.6 Å². The average molecular weight is 489 g/mol. The number of anilines is 1. The minimum Gasteiger partial charge on any atom is -0.385 e. The number of nitrogens with zero attached hydrogens (tertiary/aromatic N) is 2. The summed E-state index contributed by atoms with van der Waals surface area (Å²) in [5, 5.41) is 17.2. The van der Waals surface area contributed by atoms with Crippen molar-refractivity contribution in [1.29, 1.82) is 0 Å². The molecule has 8 nitrogen and oxygen atoms in total. The lowest BCUT2D eigenvalue weighted by Gasteiger charge is -2.35. The molecule has 1 saturated carbocycles. The molecule has 2 heterocycles. The van der Waals surface area contributed by atoms with Crippen molar-refractivity contribution in [3.05, 3.63) is 63.0 Å². The van der Waals surface area contributed by atoms with E-state index in [0.717, 1.165) is 6.07 Å². The van der Waals surface area contributed by atoms with E-state index in [2.05, 4.69) is 25.6 Å². The van der Waals surface area contributed by atoms with Crippen LogP contribution in [0.25, 0.3) is 11.0 Å². The third-order valence-corrected chi connectivity index (χ3v) is 6.54. The number of H-pyrrole nitrogens is 1. The third-order valence-electron chi connectivity index (χ3n) is 6.54. The zero-order valence-corrected chi connectivity index (χ0v) is 19.3. The molecule has 0 atom stereocenters. The predicted octanol–water partition coefficient (Wildman–Crippen LogP) is 3.44. The number of hydrogen-bond acceptors (Lipinski definition) is 6. The minimum absolute atomic E-state index is 0.0306. The molecule has 0 aliphatic heterocycles. The Bertz CT molecular complexity index is 1320. The standard InChI is InChI=1S/C24H26F3N5O3/c1-12-30-20(29-11-14-4-3-5-15(18(14)25)19(26)27)16-10-17(23(34)32-21(16)31-12)24(35)8-6-13(7-9-24)22(33)28-2/h3-5,10,13,19,35H,6-9,11H2,1-2H3,(H,28,33)(H2,29,30,31,32,34). The monoisotopic (exact) mass is 489 g/mol. The summed E-state index contributed by atoms with van der Waals surface area (Å²) in [6.45, 7) is 1.48. The van der Waals surface area contributed by atoms with Gasteiger partial charge in [-0.1, -0.05) is 18.2 Å². The lowest BCUT2D eigenvalue weighted by Crippen LogP contribution is -2.40. The Balaban J connectivity index is 1.67. The van der Waals surface area contributed by atoms with E-state index in [9.17, 15) is 27.9 Å². The second kappa shape index (κ2) is 9.65. The van der Waals surface area contributed by atoms with Gasteiger partial charge in [-0.25, -0.2) is 23.1 Å². The minimum atomic E-state index is -2.94. The highest BCUT2D eigenvalue weighted by Crippen LogP contribution is 2.39. The van der Waals surface area contributed by atoms with Crippen LogP contribution in [0, 0.1) is 18.7 Å². The number of pyridine rings is 1. The molecule has 0 spiro atoms. The van der Waals surface area contributed by atoms with Crippen LogP contribution in [-0.2, 0) is 16.9 Å². The summed E-state index contributed by atoms with van der Waals surface area (Å²) in [5.41, 5.74) is -2.25. The molecule has 1 aliphatic rings. The topological polar surface area (TPSA) is 120 Å². The second-order valence-corrected chi connectivity index (χ2v) is 8.79. The van der Waals surface area contributed by atoms with Gasteiger partial charge in [0.2, 0.25) is 5.91 Å². The Labute approximate surface area is 199 Å². The predicted molar refractivity (Wildman–Crippen MR) is 124 cm³/mol. The van der Waals surface area contributed by atoms with Crippen molar-refractivity contribution in [3.8, 4) is 0 Å². The van der Waals surface area contributed by atoms with Crippen LogP contribution >= 0.6 is 0 Å². The summed E-state index contributed by atoms with van der Waals surface area (Å²) in [6.07, 6.45) is -1.66. The van der Waals surface area contributed by atoms with E-state index < -0.39 is 29.0 Å². The van der Waals surface area contributed by atoms with E-state index in [1.165, 1.54) is 18.2 Å². The van der Waals surface area contributed by atoms with Gasteiger partial charge < -0.3 is 20.7 Å². The number of carbonyl (C=O) groups is 1. The van der Waals surface area contributed by atoms with Crippen molar-refractivity contribution < 1.29 is 23.1 Å². The second-order valence-electron chi connectivity index (χ2n) is 8.79. The summed E-state index contributed by atoms with van der Waals surface area (Å²) < 4.78 is 40.6. The van der Waals surface area contributed by atoms with Crippen LogP contribution in [0.15, 0.2) is 29.1 Å². The highest BCUT2D eigenvalue weighted by atomic mass is 19.3. The molecular formula is C24H26F3N5O3. The molecule has 2 aromatic heterocycles. The Morgan fingerprint density at radius 3 is 2.66 bits per heavy atom. The summed E-state index contributed by atoms with van der Waals surface area (Å²) in [6, 6.07) is 5.28. The summed E-state index contributed by atoms with van der Waals surface area (Å²) in [4.78, 5) is 36.1. The van der Waals surface area contributed by atoms with E-state index in [-0.39, 0.29) is 53.8 Å². The molecule has 3 aromatic rings. The molecular weight excluding hydrogens is 463 g/mol. The van der Waals surface area contributed by atoms with E-state index in [1.807, 2.05) is 0 Å². The molecule has 0 saturated heterocycles. The zero-order chi connectivity index (χ0) is 25.3. The number of carbonyl (C=O) groups excluding carboxylic acids is 1. The maximum Gasteiger partial charge on any atom is 0.266 e. The lowest BCUT2D eigenvalue weighted by atomic mass is 9.75. The molecule has 0 unspecified atom stereocenters. The van der Waals surface area contributed by atoms with Crippen molar-refractivity contribution in [2.75, 3.05) is 12.4 Å². The average Bonchev–Trinajstić information content (AvgIpc) is 2.82. The lowest BCUT2D eigenvalue weighted by molar-refractivity contribution is -0.127. The van der Waals surface area contributed by atoms with Crippen LogP contribution in [0.3, 0.4) is 0 Å². The maximum atomic E-state index is 14.5. The van der Waals surface area contributed by atoms with Gasteiger partial charge in [-0.05, 0) is 38.7 Å². The largest absolute Gasteiger partial charge is 0.385 e. The van der Waals surface area contributed by atoms with Gasteiger partial charge >= 0.3 is 0 Å². The first-order chi connectivity index (χ1) is 16.6. The Morgan fingerprint density at radius 2 is 2.00 bits per heavy atom. The first-order valence-corrected chi connectivity index (χ1v) is 11.3. The van der Waals surface area contributed by atoms with Crippen LogP contribution in [0.1, 0.15) is 54.6 Å². The van der Waals surface area contributed by atoms with E-state index in [0.29, 0.717) is 24.1 Å². The fraction of sp³-hybridized carbons (Fsp3) is 0.417. The molecule has 0 bridgehead atoms. The van der Waals surface area contributed by atoms with Gasteiger partial charge in [-0.3, -0.25) is 9.59 Å². The van der Waals surface area contributed by atoms with Crippen molar-refractivity contribution in [1.82, 2.24) is 20.3 Å². The number of hydrogen-bond donors (Lipinski definition) is 4. The van der Waals surface area contributed by atoms with Gasteiger partial charge in [0.1, 0.15) is 23.1 Å². The van der Waals surface area contributed by atoms with Crippen molar-refractivity contribution in [3.63, 3.8) is 0 Å². The molecule has 4 rings (SSSR count). The van der Waals surface area contributed by atoms with Gasteiger partial charge in [0.15, 0.2) is 0 Å². The third kappa shape index (κ3) is 4.86. The van der Waals surface area contributed by atoms with Gasteiger partial charge in [0.05, 0.1) is 16.6 Å². The van der Waals surface area contributed by atoms with E-state index >= 15 is 0 Å². The van der Waals surface area contributed by atoms with Gasteiger partial charge in [-0.15, -0.1) is 0 Å². The number of nitrogens with one attached hydrogen (secondary N) is 3. The quantitative estimate of drug-likeness (QED) is 0.421. The van der Waals surface area contributed by atoms with Gasteiger partial charge in [-0.2, -0.15) is 0 Å². The number of benzene rings is 1. The number of rotatable bonds is 6. The number of fused-ring (bicyclic) bond motifs is 1. The normalized spacial score (nSPS) is 20.3. The first-order valence-electron chi connectivity index (χ1n) is 11.3. The Morgan fingerprint density at radius 1 is 1.29 bits per heavy atom. The molecule has 1 fully saturated rings. The number of aliphatic hydroxyl groups is 1. The summed E-state index contributed by atoms with van der Waals surface area (Å²) in [5.74, 6) is -0.745. The molecule has 0 radical (unpaired) electrons. The van der Waals surface area contributed by atoms with Crippen LogP contribution in [0.5, 0.6) is 0 Å². The van der Waals surface area contributed by atoms with Gasteiger partial charge in [0.25, 0.3) is 12.0 Å². The molecule has 1 amide bonds. The van der Waals surface area contributed by atoms with Crippen LogP contribution in [0.4, 0.5) is 19.0 Å². The Hall–Kier alpha value is -3.47. The fourth-order valence-corrected chi connectivity index (χ4v) is 4.59. The Kier molecular flexibility index (Phi) is 6.79. The maximum absolute atomic E-state index is 14.5. The summed E-state index contributed by atoms with van der Waals surface area (Å²) >= 11 is 0. The fourth-order valence-electron chi connectivity index (χ4n) is 4.59. The number of amides is 1. The highest BCUT2D eigenvalue weighted by molar-refractivity contribution is 5.87. The highest BCUT2D eigenvalue weighted by Gasteiger charge is 2.39. The number of aryl methyl sites for hydroxylation is 1. The molecule has 1 aliphatic carbocycles. The van der Waals surface area contributed by atoms with Crippen LogP contribution < -0.4 is 16.2 Å². The van der Waals surface area contributed by atoms with Crippen LogP contribution in [-0.4, -0.2) is 33.0 Å². The zero-order valence-electron chi connectivity index (χ0n) is 19.3. The number of halogens is 3.